The molecule has 0 spiro atoms. The molecule has 0 aromatic carbocycles. The summed E-state index contributed by atoms with van der Waals surface area (Å²) >= 11 is 0. The van der Waals surface area contributed by atoms with Gasteiger partial charge in [-0.05, 0) is 19.4 Å². The van der Waals surface area contributed by atoms with Crippen molar-refractivity contribution in [3.63, 3.8) is 0 Å². The highest BCUT2D eigenvalue weighted by atomic mass is 15.4. The third-order valence-electron chi connectivity index (χ3n) is 4.52. The predicted molar refractivity (Wildman–Crippen MR) is 93.2 cm³/mol. The van der Waals surface area contributed by atoms with E-state index in [-0.39, 0.29) is 5.95 Å². The minimum absolute atomic E-state index is 0.284. The molecule has 2 aromatic heterocycles. The molecule has 1 unspecified atom stereocenters. The zero-order valence-electron chi connectivity index (χ0n) is 13.8. The molecular formula is C17H26N6. The van der Waals surface area contributed by atoms with Crippen LogP contribution in [0.15, 0.2) is 18.5 Å². The van der Waals surface area contributed by atoms with Gasteiger partial charge in [-0.1, -0.05) is 38.5 Å². The summed E-state index contributed by atoms with van der Waals surface area (Å²) in [7, 11) is 0. The van der Waals surface area contributed by atoms with E-state index in [9.17, 15) is 0 Å². The van der Waals surface area contributed by atoms with Crippen LogP contribution in [-0.4, -0.2) is 26.3 Å². The van der Waals surface area contributed by atoms with E-state index in [1.165, 1.54) is 38.5 Å². The second kappa shape index (κ2) is 7.44. The first-order valence-electron chi connectivity index (χ1n) is 8.66. The molecule has 23 heavy (non-hydrogen) atoms. The van der Waals surface area contributed by atoms with Gasteiger partial charge < -0.3 is 11.1 Å². The van der Waals surface area contributed by atoms with Gasteiger partial charge in [0, 0.05) is 12.7 Å². The van der Waals surface area contributed by atoms with Crippen molar-refractivity contribution in [3.8, 4) is 11.3 Å². The summed E-state index contributed by atoms with van der Waals surface area (Å²) < 4.78 is 2.00. The summed E-state index contributed by atoms with van der Waals surface area (Å²) in [6, 6.07) is 2.26. The number of anilines is 2. The maximum Gasteiger partial charge on any atom is 0.220 e. The molecule has 0 radical (unpaired) electrons. The van der Waals surface area contributed by atoms with Crippen LogP contribution in [0.2, 0.25) is 0 Å². The maximum absolute atomic E-state index is 5.60. The number of nitrogens with two attached hydrogens (primary N) is 1. The Morgan fingerprint density at radius 3 is 2.52 bits per heavy atom. The molecule has 2 aromatic rings. The normalized spacial score (nSPS) is 20.0. The van der Waals surface area contributed by atoms with Crippen LogP contribution in [0.4, 0.5) is 11.8 Å². The molecule has 124 valence electrons. The van der Waals surface area contributed by atoms with Crippen LogP contribution in [0.1, 0.15) is 57.9 Å². The highest BCUT2D eigenvalue weighted by molar-refractivity contribution is 5.73. The van der Waals surface area contributed by atoms with E-state index in [0.29, 0.717) is 6.04 Å². The standard InChI is InChI=1S/C11H14N6.C6H12/c1-7-2-4-13-10-8(6-15-17(7)10)9-3-5-14-11(12)16-9;1-2-4-6-5-3-1/h3,5-7,13H,2,4H2,1H3,(H2,12,14,16);1-6H2. The van der Waals surface area contributed by atoms with Crippen molar-refractivity contribution in [2.24, 2.45) is 0 Å². The van der Waals surface area contributed by atoms with Gasteiger partial charge in [-0.25, -0.2) is 14.6 Å². The van der Waals surface area contributed by atoms with Gasteiger partial charge in [0.25, 0.3) is 0 Å². The second-order valence-corrected chi connectivity index (χ2v) is 6.34. The third-order valence-corrected chi connectivity index (χ3v) is 4.52. The van der Waals surface area contributed by atoms with E-state index in [4.69, 9.17) is 5.73 Å². The zero-order chi connectivity index (χ0) is 16.1. The topological polar surface area (TPSA) is 81.7 Å². The number of fused-ring (bicyclic) bond motifs is 1. The first kappa shape index (κ1) is 15.8. The summed E-state index contributed by atoms with van der Waals surface area (Å²) in [4.78, 5) is 8.12. The van der Waals surface area contributed by atoms with Crippen molar-refractivity contribution in [1.29, 1.82) is 0 Å². The number of hydrogen-bond acceptors (Lipinski definition) is 5. The largest absolute Gasteiger partial charge is 0.370 e. The number of rotatable bonds is 1. The van der Waals surface area contributed by atoms with Crippen molar-refractivity contribution in [2.45, 2.75) is 57.9 Å². The second-order valence-electron chi connectivity index (χ2n) is 6.34. The van der Waals surface area contributed by atoms with E-state index in [1.54, 1.807) is 6.20 Å². The van der Waals surface area contributed by atoms with Gasteiger partial charge in [-0.15, -0.1) is 0 Å². The molecule has 4 rings (SSSR count). The fourth-order valence-corrected chi connectivity index (χ4v) is 3.17. The van der Waals surface area contributed by atoms with Crippen molar-refractivity contribution >= 4 is 11.8 Å². The molecule has 1 fully saturated rings. The first-order chi connectivity index (χ1) is 11.3. The average Bonchev–Trinajstić information content (AvgIpc) is 3.03. The Bertz CT molecular complexity index is 620. The van der Waals surface area contributed by atoms with Crippen LogP contribution in [0.3, 0.4) is 0 Å². The fraction of sp³-hybridized carbons (Fsp3) is 0.588. The summed E-state index contributed by atoms with van der Waals surface area (Å²) in [5.41, 5.74) is 7.38. The molecule has 2 aliphatic rings. The molecule has 1 aliphatic carbocycles. The molecule has 3 N–H and O–H groups in total. The van der Waals surface area contributed by atoms with Crippen molar-refractivity contribution < 1.29 is 0 Å². The molecule has 6 nitrogen and oxygen atoms in total. The van der Waals surface area contributed by atoms with Crippen molar-refractivity contribution in [3.05, 3.63) is 18.5 Å². The number of aromatic nitrogens is 4. The Morgan fingerprint density at radius 2 is 1.87 bits per heavy atom. The molecule has 6 heteroatoms. The Hall–Kier alpha value is -2.11. The number of nitrogen functional groups attached to an aromatic ring is 1. The quantitative estimate of drug-likeness (QED) is 0.840. The monoisotopic (exact) mass is 314 g/mol. The molecule has 1 atom stereocenters. The first-order valence-corrected chi connectivity index (χ1v) is 8.66. The smallest absolute Gasteiger partial charge is 0.220 e. The highest BCUT2D eigenvalue weighted by Gasteiger charge is 2.21. The molecule has 1 saturated carbocycles. The number of nitrogens with zero attached hydrogens (tertiary/aromatic N) is 4. The lowest BCUT2D eigenvalue weighted by Crippen LogP contribution is -2.21. The Labute approximate surface area is 137 Å². The van der Waals surface area contributed by atoms with Crippen LogP contribution in [-0.2, 0) is 0 Å². The van der Waals surface area contributed by atoms with Crippen molar-refractivity contribution in [1.82, 2.24) is 19.7 Å². The van der Waals surface area contributed by atoms with E-state index in [0.717, 1.165) is 30.0 Å². The third kappa shape index (κ3) is 3.81. The van der Waals surface area contributed by atoms with Gasteiger partial charge in [0.05, 0.1) is 23.5 Å². The summed E-state index contributed by atoms with van der Waals surface area (Å²) in [5, 5.41) is 7.76. The number of hydrogen-bond donors (Lipinski definition) is 2. The Kier molecular flexibility index (Phi) is 5.10. The van der Waals surface area contributed by atoms with E-state index < -0.39 is 0 Å². The summed E-state index contributed by atoms with van der Waals surface area (Å²) in [6.07, 6.45) is 13.6. The van der Waals surface area contributed by atoms with Crippen LogP contribution in [0.5, 0.6) is 0 Å². The molecule has 1 aliphatic heterocycles. The predicted octanol–water partition coefficient (Wildman–Crippen LogP) is 3.64. The van der Waals surface area contributed by atoms with E-state index in [1.807, 2.05) is 16.9 Å². The van der Waals surface area contributed by atoms with Crippen LogP contribution >= 0.6 is 0 Å². The average molecular weight is 314 g/mol. The minimum Gasteiger partial charge on any atom is -0.370 e. The molecule has 0 bridgehead atoms. The van der Waals surface area contributed by atoms with Crippen LogP contribution in [0.25, 0.3) is 11.3 Å². The zero-order valence-corrected chi connectivity index (χ0v) is 13.8. The van der Waals surface area contributed by atoms with Gasteiger partial charge in [-0.2, -0.15) is 5.10 Å². The Balaban J connectivity index is 0.000000220. The van der Waals surface area contributed by atoms with Crippen molar-refractivity contribution in [2.75, 3.05) is 17.6 Å². The van der Waals surface area contributed by atoms with Crippen LogP contribution < -0.4 is 11.1 Å². The Morgan fingerprint density at radius 1 is 1.17 bits per heavy atom. The van der Waals surface area contributed by atoms with Gasteiger partial charge in [0.15, 0.2) is 0 Å². The van der Waals surface area contributed by atoms with Gasteiger partial charge in [0.2, 0.25) is 5.95 Å². The number of nitrogens with one attached hydrogen (secondary N) is 1. The molecule has 0 saturated heterocycles. The van der Waals surface area contributed by atoms with Gasteiger partial charge in [-0.3, -0.25) is 0 Å². The van der Waals surface area contributed by atoms with E-state index in [2.05, 4.69) is 27.3 Å². The lowest BCUT2D eigenvalue weighted by atomic mass is 10.0. The molecule has 3 heterocycles. The molecular weight excluding hydrogens is 288 g/mol. The van der Waals surface area contributed by atoms with Crippen LogP contribution in [0, 0.1) is 0 Å². The van der Waals surface area contributed by atoms with Gasteiger partial charge in [0.1, 0.15) is 5.82 Å². The minimum atomic E-state index is 0.284. The fourth-order valence-electron chi connectivity index (χ4n) is 3.17. The van der Waals surface area contributed by atoms with Gasteiger partial charge >= 0.3 is 0 Å². The summed E-state index contributed by atoms with van der Waals surface area (Å²) in [5.74, 6) is 1.30. The highest BCUT2D eigenvalue weighted by Crippen LogP contribution is 2.32. The lowest BCUT2D eigenvalue weighted by molar-refractivity contribution is 0.453. The SMILES string of the molecule is C1CCCCC1.CC1CCNc2c(-c3ccnc(N)n3)cnn21. The molecule has 0 amide bonds. The maximum atomic E-state index is 5.60. The lowest BCUT2D eigenvalue weighted by Gasteiger charge is -2.23. The van der Waals surface area contributed by atoms with E-state index >= 15 is 0 Å². The summed E-state index contributed by atoms with van der Waals surface area (Å²) in [6.45, 7) is 3.12.